The van der Waals surface area contributed by atoms with Crippen molar-refractivity contribution in [2.75, 3.05) is 13.6 Å². The summed E-state index contributed by atoms with van der Waals surface area (Å²) < 4.78 is 27.9. The predicted molar refractivity (Wildman–Crippen MR) is 150 cm³/mol. The molecule has 3 aromatic carbocycles. The molecule has 4 rings (SSSR count). The fraction of sp³-hybridized carbons (Fsp3) is 0.400. The molecule has 1 atom stereocenters. The molecule has 0 radical (unpaired) electrons. The molecule has 1 saturated carbocycles. The van der Waals surface area contributed by atoms with Crippen molar-refractivity contribution in [3.63, 3.8) is 0 Å². The first-order valence-electron chi connectivity index (χ1n) is 13.3. The summed E-state index contributed by atoms with van der Waals surface area (Å²) in [5, 5.41) is 4.88. The van der Waals surface area contributed by atoms with Crippen LogP contribution in [0.4, 0.5) is 0 Å². The maximum absolute atomic E-state index is 13.7. The largest absolute Gasteiger partial charge is 0.352 e. The molecule has 0 spiro atoms. The van der Waals surface area contributed by atoms with Crippen LogP contribution >= 0.6 is 0 Å². The molecule has 8 heteroatoms. The lowest BCUT2D eigenvalue weighted by Crippen LogP contribution is -2.53. The highest BCUT2D eigenvalue weighted by Gasteiger charge is 2.33. The van der Waals surface area contributed by atoms with Gasteiger partial charge in [-0.15, -0.1) is 0 Å². The maximum atomic E-state index is 13.7. The maximum Gasteiger partial charge on any atom is 0.243 e. The summed E-state index contributed by atoms with van der Waals surface area (Å²) >= 11 is 0. The summed E-state index contributed by atoms with van der Waals surface area (Å²) in [5.41, 5.74) is 1.93. The highest BCUT2D eigenvalue weighted by Crippen LogP contribution is 2.23. The van der Waals surface area contributed by atoms with Crippen LogP contribution in [0.1, 0.15) is 50.2 Å². The fourth-order valence-corrected chi connectivity index (χ4v) is 6.29. The standard InChI is InChI=1S/C30H37N3O4S/c1-4-28(30(35)31-26-15-9-10-16-26)33(20-25-14-6-5-11-22(25)2)29(34)21-32(3)38(36,37)27-18-17-23-12-7-8-13-24(23)19-27/h5-8,11-14,17-19,26,28H,4,9-10,15-16,20-21H2,1-3H3,(H,31,35)/t28-/m0/s1. The Morgan fingerprint density at radius 2 is 1.63 bits per heavy atom. The summed E-state index contributed by atoms with van der Waals surface area (Å²) in [4.78, 5) is 28.8. The van der Waals surface area contributed by atoms with Crippen LogP contribution in [0.5, 0.6) is 0 Å². The van der Waals surface area contributed by atoms with E-state index in [4.69, 9.17) is 0 Å². The molecule has 0 heterocycles. The average molecular weight is 536 g/mol. The number of hydrogen-bond donors (Lipinski definition) is 1. The number of aryl methyl sites for hydroxylation is 1. The van der Waals surface area contributed by atoms with Gasteiger partial charge < -0.3 is 10.2 Å². The van der Waals surface area contributed by atoms with Crippen LogP contribution in [0.15, 0.2) is 71.6 Å². The topological polar surface area (TPSA) is 86.8 Å². The quantitative estimate of drug-likeness (QED) is 0.410. The third-order valence-corrected chi connectivity index (χ3v) is 9.28. The zero-order chi connectivity index (χ0) is 27.3. The van der Waals surface area contributed by atoms with Crippen LogP contribution in [0, 0.1) is 6.92 Å². The van der Waals surface area contributed by atoms with Gasteiger partial charge in [0.25, 0.3) is 0 Å². The highest BCUT2D eigenvalue weighted by molar-refractivity contribution is 7.89. The molecular formula is C30H37N3O4S. The number of hydrogen-bond acceptors (Lipinski definition) is 4. The molecule has 1 fully saturated rings. The minimum absolute atomic E-state index is 0.128. The number of benzene rings is 3. The highest BCUT2D eigenvalue weighted by atomic mass is 32.2. The van der Waals surface area contributed by atoms with E-state index >= 15 is 0 Å². The lowest BCUT2D eigenvalue weighted by atomic mass is 10.1. The second-order valence-corrected chi connectivity index (χ2v) is 12.2. The van der Waals surface area contributed by atoms with Gasteiger partial charge in [-0.3, -0.25) is 9.59 Å². The molecule has 0 bridgehead atoms. The molecule has 0 saturated heterocycles. The summed E-state index contributed by atoms with van der Waals surface area (Å²) in [6.45, 7) is 3.71. The zero-order valence-corrected chi connectivity index (χ0v) is 23.2. The normalized spacial score (nSPS) is 15.1. The fourth-order valence-electron chi connectivity index (χ4n) is 5.13. The number of nitrogens with one attached hydrogen (secondary N) is 1. The Balaban J connectivity index is 1.58. The first-order chi connectivity index (χ1) is 18.2. The third-order valence-electron chi connectivity index (χ3n) is 7.48. The molecule has 2 amide bonds. The van der Waals surface area contributed by atoms with Crippen molar-refractivity contribution in [1.82, 2.24) is 14.5 Å². The smallest absolute Gasteiger partial charge is 0.243 e. The van der Waals surface area contributed by atoms with Gasteiger partial charge in [0, 0.05) is 19.6 Å². The average Bonchev–Trinajstić information content (AvgIpc) is 3.42. The van der Waals surface area contributed by atoms with Gasteiger partial charge >= 0.3 is 0 Å². The van der Waals surface area contributed by atoms with Crippen molar-refractivity contribution >= 4 is 32.6 Å². The molecule has 1 aliphatic carbocycles. The van der Waals surface area contributed by atoms with Crippen LogP contribution in [-0.2, 0) is 26.2 Å². The Bertz CT molecular complexity index is 1400. The Kier molecular flexibility index (Phi) is 8.84. The molecule has 0 unspecified atom stereocenters. The molecule has 1 N–H and O–H groups in total. The predicted octanol–water partition coefficient (Wildman–Crippen LogP) is 4.63. The Hall–Kier alpha value is -3.23. The van der Waals surface area contributed by atoms with E-state index in [9.17, 15) is 18.0 Å². The van der Waals surface area contributed by atoms with E-state index in [1.807, 2.05) is 62.4 Å². The minimum Gasteiger partial charge on any atom is -0.352 e. The second-order valence-electron chi connectivity index (χ2n) is 10.1. The molecule has 7 nitrogen and oxygen atoms in total. The Labute approximate surface area is 225 Å². The molecule has 1 aliphatic rings. The van der Waals surface area contributed by atoms with Gasteiger partial charge in [-0.05, 0) is 60.2 Å². The lowest BCUT2D eigenvalue weighted by molar-refractivity contribution is -0.141. The zero-order valence-electron chi connectivity index (χ0n) is 22.4. The van der Waals surface area contributed by atoms with Crippen molar-refractivity contribution in [3.8, 4) is 0 Å². The van der Waals surface area contributed by atoms with E-state index in [1.165, 1.54) is 7.05 Å². The van der Waals surface area contributed by atoms with Crippen molar-refractivity contribution in [2.24, 2.45) is 0 Å². The lowest BCUT2D eigenvalue weighted by Gasteiger charge is -2.33. The van der Waals surface area contributed by atoms with Crippen LogP contribution < -0.4 is 5.32 Å². The van der Waals surface area contributed by atoms with Gasteiger partial charge in [-0.25, -0.2) is 8.42 Å². The number of rotatable bonds is 10. The first-order valence-corrected chi connectivity index (χ1v) is 14.7. The molecule has 202 valence electrons. The van der Waals surface area contributed by atoms with Crippen molar-refractivity contribution in [3.05, 3.63) is 77.9 Å². The number of carbonyl (C=O) groups is 2. The number of amides is 2. The molecule has 3 aromatic rings. The number of sulfonamides is 1. The monoisotopic (exact) mass is 535 g/mol. The van der Waals surface area contributed by atoms with Gasteiger partial charge in [-0.1, -0.05) is 74.4 Å². The number of nitrogens with zero attached hydrogens (tertiary/aromatic N) is 2. The van der Waals surface area contributed by atoms with Crippen molar-refractivity contribution < 1.29 is 18.0 Å². The SMILES string of the molecule is CC[C@@H](C(=O)NC1CCCC1)N(Cc1ccccc1C)C(=O)CN(C)S(=O)(=O)c1ccc2ccccc2c1. The van der Waals surface area contributed by atoms with E-state index in [1.54, 1.807) is 23.1 Å². The van der Waals surface area contributed by atoms with Crippen LogP contribution in [-0.4, -0.2) is 55.1 Å². The second kappa shape index (κ2) is 12.1. The minimum atomic E-state index is -3.93. The van der Waals surface area contributed by atoms with Gasteiger partial charge in [0.2, 0.25) is 21.8 Å². The van der Waals surface area contributed by atoms with E-state index in [-0.39, 0.29) is 29.9 Å². The number of carbonyl (C=O) groups excluding carboxylic acids is 2. The molecular weight excluding hydrogens is 498 g/mol. The van der Waals surface area contributed by atoms with Crippen LogP contribution in [0.3, 0.4) is 0 Å². The van der Waals surface area contributed by atoms with Gasteiger partial charge in [0.15, 0.2) is 0 Å². The van der Waals surface area contributed by atoms with Crippen LogP contribution in [0.2, 0.25) is 0 Å². The number of fused-ring (bicyclic) bond motifs is 1. The summed E-state index contributed by atoms with van der Waals surface area (Å²) in [5.74, 6) is -0.588. The van der Waals surface area contributed by atoms with E-state index in [2.05, 4.69) is 5.32 Å². The number of likely N-dealkylation sites (N-methyl/N-ethyl adjacent to an activating group) is 1. The van der Waals surface area contributed by atoms with Crippen molar-refractivity contribution in [2.45, 2.75) is 69.5 Å². The summed E-state index contributed by atoms with van der Waals surface area (Å²) in [6.07, 6.45) is 4.49. The van der Waals surface area contributed by atoms with E-state index in [0.29, 0.717) is 6.42 Å². The van der Waals surface area contributed by atoms with Crippen LogP contribution in [0.25, 0.3) is 10.8 Å². The molecule has 0 aromatic heterocycles. The van der Waals surface area contributed by atoms with Crippen molar-refractivity contribution in [1.29, 1.82) is 0 Å². The van der Waals surface area contributed by atoms with Gasteiger partial charge in [-0.2, -0.15) is 4.31 Å². The first kappa shape index (κ1) is 27.8. The van der Waals surface area contributed by atoms with Gasteiger partial charge in [0.05, 0.1) is 11.4 Å². The summed E-state index contributed by atoms with van der Waals surface area (Å²) in [6, 6.07) is 19.7. The Morgan fingerprint density at radius 3 is 2.32 bits per heavy atom. The van der Waals surface area contributed by atoms with E-state index in [0.717, 1.165) is 51.9 Å². The van der Waals surface area contributed by atoms with E-state index < -0.39 is 22.0 Å². The Morgan fingerprint density at radius 1 is 0.974 bits per heavy atom. The molecule has 0 aliphatic heterocycles. The molecule has 38 heavy (non-hydrogen) atoms. The third kappa shape index (κ3) is 6.25. The van der Waals surface area contributed by atoms with Gasteiger partial charge in [0.1, 0.15) is 6.04 Å². The summed E-state index contributed by atoms with van der Waals surface area (Å²) in [7, 11) is -2.52.